The number of aryl methyl sites for hydroxylation is 1. The molecule has 0 fully saturated rings. The molecule has 0 bridgehead atoms. The first kappa shape index (κ1) is 15.1. The van der Waals surface area contributed by atoms with Crippen LogP contribution in [0.4, 0.5) is 15.8 Å². The number of nitrogen functional groups attached to an aromatic ring is 1. The molecule has 2 rings (SSSR count). The molecule has 0 unspecified atom stereocenters. The van der Waals surface area contributed by atoms with Gasteiger partial charge in [0.15, 0.2) is 10.1 Å². The summed E-state index contributed by atoms with van der Waals surface area (Å²) < 4.78 is 4.61. The third-order valence-electron chi connectivity index (χ3n) is 2.73. The minimum Gasteiger partial charge on any atom is -0.469 e. The maximum Gasteiger partial charge on any atom is 0.305 e. The van der Waals surface area contributed by atoms with Crippen LogP contribution in [-0.4, -0.2) is 18.1 Å². The van der Waals surface area contributed by atoms with Gasteiger partial charge in [0.25, 0.3) is 0 Å². The SMILES string of the molecule is COC(=O)CCCc1nc(N)sc1N=Nc1ccccc1. The van der Waals surface area contributed by atoms with E-state index in [-0.39, 0.29) is 5.97 Å². The number of benzene rings is 1. The summed E-state index contributed by atoms with van der Waals surface area (Å²) in [6, 6.07) is 9.44. The zero-order chi connectivity index (χ0) is 15.1. The fraction of sp³-hybridized carbons (Fsp3) is 0.286. The van der Waals surface area contributed by atoms with Gasteiger partial charge < -0.3 is 10.5 Å². The molecule has 2 N–H and O–H groups in total. The van der Waals surface area contributed by atoms with Gasteiger partial charge in [-0.15, -0.1) is 10.2 Å². The van der Waals surface area contributed by atoms with Crippen molar-refractivity contribution in [2.24, 2.45) is 10.2 Å². The number of rotatable bonds is 6. The van der Waals surface area contributed by atoms with Gasteiger partial charge in [0.2, 0.25) is 0 Å². The predicted octanol–water partition coefficient (Wildman–Crippen LogP) is 3.64. The number of ether oxygens (including phenoxy) is 1. The number of carbonyl (C=O) groups excluding carboxylic acids is 1. The minimum atomic E-state index is -0.231. The third-order valence-corrected chi connectivity index (χ3v) is 3.54. The lowest BCUT2D eigenvalue weighted by Gasteiger charge is -1.98. The molecule has 2 aromatic rings. The Hall–Kier alpha value is -2.28. The first-order valence-corrected chi connectivity index (χ1v) is 7.29. The number of methoxy groups -OCH3 is 1. The Morgan fingerprint density at radius 2 is 2.10 bits per heavy atom. The number of esters is 1. The van der Waals surface area contributed by atoms with E-state index in [1.54, 1.807) is 0 Å². The molecular formula is C14H16N4O2S. The zero-order valence-electron chi connectivity index (χ0n) is 11.7. The molecule has 1 heterocycles. The van der Waals surface area contributed by atoms with Crippen molar-refractivity contribution in [1.82, 2.24) is 4.98 Å². The summed E-state index contributed by atoms with van der Waals surface area (Å²) in [5.41, 5.74) is 7.25. The normalized spacial score (nSPS) is 10.9. The largest absolute Gasteiger partial charge is 0.469 e. The molecule has 7 heteroatoms. The second kappa shape index (κ2) is 7.49. The van der Waals surface area contributed by atoms with Crippen LogP contribution in [0, 0.1) is 0 Å². The molecule has 0 aliphatic carbocycles. The van der Waals surface area contributed by atoms with E-state index in [2.05, 4.69) is 19.9 Å². The Bertz CT molecular complexity index is 625. The van der Waals surface area contributed by atoms with Crippen molar-refractivity contribution in [3.8, 4) is 0 Å². The van der Waals surface area contributed by atoms with Crippen LogP contribution >= 0.6 is 11.3 Å². The highest BCUT2D eigenvalue weighted by atomic mass is 32.1. The highest BCUT2D eigenvalue weighted by Crippen LogP contribution is 2.31. The standard InChI is InChI=1S/C14H16N4O2S/c1-20-12(19)9-5-8-11-13(21-14(15)16-11)18-17-10-6-3-2-4-7-10/h2-4,6-7H,5,8-9H2,1H3,(H2,15,16). The van der Waals surface area contributed by atoms with Crippen LogP contribution in [0.5, 0.6) is 0 Å². The molecule has 21 heavy (non-hydrogen) atoms. The quantitative estimate of drug-likeness (QED) is 0.651. The first-order valence-electron chi connectivity index (χ1n) is 6.48. The maximum atomic E-state index is 11.1. The summed E-state index contributed by atoms with van der Waals surface area (Å²) >= 11 is 1.29. The van der Waals surface area contributed by atoms with Crippen molar-refractivity contribution in [3.05, 3.63) is 36.0 Å². The Balaban J connectivity index is 2.03. The molecular weight excluding hydrogens is 288 g/mol. The molecule has 0 aliphatic heterocycles. The van der Waals surface area contributed by atoms with Crippen molar-refractivity contribution in [2.45, 2.75) is 19.3 Å². The molecule has 0 radical (unpaired) electrons. The second-order valence-electron chi connectivity index (χ2n) is 4.27. The van der Waals surface area contributed by atoms with Gasteiger partial charge in [0.05, 0.1) is 18.5 Å². The number of anilines is 1. The molecule has 1 aromatic heterocycles. The van der Waals surface area contributed by atoms with Gasteiger partial charge in [-0.2, -0.15) is 0 Å². The Kier molecular flexibility index (Phi) is 5.39. The third kappa shape index (κ3) is 4.64. The molecule has 0 saturated carbocycles. The lowest BCUT2D eigenvalue weighted by molar-refractivity contribution is -0.140. The number of carbonyl (C=O) groups is 1. The number of thiazole rings is 1. The highest BCUT2D eigenvalue weighted by molar-refractivity contribution is 7.19. The molecule has 0 saturated heterocycles. The summed E-state index contributed by atoms with van der Waals surface area (Å²) in [6.45, 7) is 0. The van der Waals surface area contributed by atoms with E-state index in [0.29, 0.717) is 29.4 Å². The Labute approximate surface area is 126 Å². The monoisotopic (exact) mass is 304 g/mol. The number of azo groups is 1. The topological polar surface area (TPSA) is 89.9 Å². The van der Waals surface area contributed by atoms with Crippen LogP contribution in [0.2, 0.25) is 0 Å². The van der Waals surface area contributed by atoms with E-state index in [4.69, 9.17) is 5.73 Å². The van der Waals surface area contributed by atoms with Crippen LogP contribution < -0.4 is 5.73 Å². The fourth-order valence-electron chi connectivity index (χ4n) is 1.70. The van der Waals surface area contributed by atoms with Crippen molar-refractivity contribution >= 4 is 33.1 Å². The smallest absolute Gasteiger partial charge is 0.305 e. The number of hydrogen-bond acceptors (Lipinski definition) is 7. The predicted molar refractivity (Wildman–Crippen MR) is 82.1 cm³/mol. The van der Waals surface area contributed by atoms with Gasteiger partial charge in [-0.05, 0) is 25.0 Å². The van der Waals surface area contributed by atoms with Gasteiger partial charge in [-0.3, -0.25) is 4.79 Å². The molecule has 0 amide bonds. The lowest BCUT2D eigenvalue weighted by Crippen LogP contribution is -2.00. The van der Waals surface area contributed by atoms with Gasteiger partial charge >= 0.3 is 5.97 Å². The Morgan fingerprint density at radius 3 is 2.81 bits per heavy atom. The first-order chi connectivity index (χ1) is 10.2. The van der Waals surface area contributed by atoms with Crippen LogP contribution in [-0.2, 0) is 16.0 Å². The fourth-order valence-corrected chi connectivity index (χ4v) is 2.40. The van der Waals surface area contributed by atoms with Gasteiger partial charge in [-0.25, -0.2) is 4.98 Å². The molecule has 0 atom stereocenters. The maximum absolute atomic E-state index is 11.1. The minimum absolute atomic E-state index is 0.231. The zero-order valence-corrected chi connectivity index (χ0v) is 12.5. The molecule has 1 aromatic carbocycles. The van der Waals surface area contributed by atoms with Crippen molar-refractivity contribution < 1.29 is 9.53 Å². The average molecular weight is 304 g/mol. The Morgan fingerprint density at radius 1 is 1.33 bits per heavy atom. The summed E-state index contributed by atoms with van der Waals surface area (Å²) in [6.07, 6.45) is 1.61. The van der Waals surface area contributed by atoms with E-state index < -0.39 is 0 Å². The van der Waals surface area contributed by atoms with Crippen LogP contribution in [0.25, 0.3) is 0 Å². The van der Waals surface area contributed by atoms with Crippen molar-refractivity contribution in [2.75, 3.05) is 12.8 Å². The van der Waals surface area contributed by atoms with Gasteiger partial charge in [0, 0.05) is 6.42 Å². The van der Waals surface area contributed by atoms with Crippen LogP contribution in [0.15, 0.2) is 40.6 Å². The molecule has 0 spiro atoms. The summed E-state index contributed by atoms with van der Waals surface area (Å²) in [4.78, 5) is 15.3. The molecule has 6 nitrogen and oxygen atoms in total. The van der Waals surface area contributed by atoms with E-state index in [0.717, 1.165) is 11.4 Å². The van der Waals surface area contributed by atoms with Crippen molar-refractivity contribution in [1.29, 1.82) is 0 Å². The number of nitrogens with zero attached hydrogens (tertiary/aromatic N) is 3. The van der Waals surface area contributed by atoms with Crippen LogP contribution in [0.1, 0.15) is 18.5 Å². The highest BCUT2D eigenvalue weighted by Gasteiger charge is 2.10. The van der Waals surface area contributed by atoms with E-state index in [1.807, 2.05) is 30.3 Å². The number of aromatic nitrogens is 1. The summed E-state index contributed by atoms with van der Waals surface area (Å²) in [5, 5.41) is 9.49. The lowest BCUT2D eigenvalue weighted by atomic mass is 10.2. The van der Waals surface area contributed by atoms with Crippen molar-refractivity contribution in [3.63, 3.8) is 0 Å². The summed E-state index contributed by atoms with van der Waals surface area (Å²) in [5.74, 6) is -0.231. The van der Waals surface area contributed by atoms with E-state index >= 15 is 0 Å². The number of hydrogen-bond donors (Lipinski definition) is 1. The van der Waals surface area contributed by atoms with Gasteiger partial charge in [0.1, 0.15) is 0 Å². The van der Waals surface area contributed by atoms with E-state index in [1.165, 1.54) is 18.4 Å². The average Bonchev–Trinajstić information content (AvgIpc) is 2.86. The molecule has 110 valence electrons. The summed E-state index contributed by atoms with van der Waals surface area (Å²) in [7, 11) is 1.38. The van der Waals surface area contributed by atoms with Gasteiger partial charge in [-0.1, -0.05) is 29.5 Å². The van der Waals surface area contributed by atoms with E-state index in [9.17, 15) is 4.79 Å². The number of nitrogens with two attached hydrogens (primary N) is 1. The molecule has 0 aliphatic rings. The second-order valence-corrected chi connectivity index (χ2v) is 5.28. The van der Waals surface area contributed by atoms with Crippen LogP contribution in [0.3, 0.4) is 0 Å².